The molecule has 0 aliphatic carbocycles. The van der Waals surface area contributed by atoms with Crippen molar-refractivity contribution >= 4 is 16.9 Å². The van der Waals surface area contributed by atoms with E-state index in [0.29, 0.717) is 12.0 Å². The topological polar surface area (TPSA) is 58.9 Å². The average Bonchev–Trinajstić information content (AvgIpc) is 2.97. The van der Waals surface area contributed by atoms with Crippen molar-refractivity contribution < 1.29 is 0 Å². The number of aryl methyl sites for hydroxylation is 1. The monoisotopic (exact) mass is 290 g/mol. The summed E-state index contributed by atoms with van der Waals surface area (Å²) in [4.78, 5) is 11.7. The number of aromatic nitrogens is 4. The molecule has 0 saturated carbocycles. The molecule has 116 valence electrons. The maximum Gasteiger partial charge on any atom is 0.163 e. The number of likely N-dealkylation sites (tertiary alicyclic amines) is 1. The van der Waals surface area contributed by atoms with Gasteiger partial charge < -0.3 is 10.2 Å². The van der Waals surface area contributed by atoms with Crippen LogP contribution >= 0.6 is 0 Å². The summed E-state index contributed by atoms with van der Waals surface area (Å²) in [6.45, 7) is 6.42. The molecule has 1 saturated heterocycles. The van der Waals surface area contributed by atoms with E-state index in [1.165, 1.54) is 0 Å². The van der Waals surface area contributed by atoms with Crippen LogP contribution in [0.25, 0.3) is 11.0 Å². The van der Waals surface area contributed by atoms with E-state index in [0.717, 1.165) is 42.2 Å². The predicted octanol–water partition coefficient (Wildman–Crippen LogP) is 2.24. The number of anilines is 1. The molecular formula is C15H26N6. The van der Waals surface area contributed by atoms with Crippen molar-refractivity contribution in [3.63, 3.8) is 0 Å². The van der Waals surface area contributed by atoms with Gasteiger partial charge in [-0.05, 0) is 20.0 Å². The van der Waals surface area contributed by atoms with E-state index in [9.17, 15) is 0 Å². The van der Waals surface area contributed by atoms with Crippen LogP contribution in [-0.2, 0) is 7.05 Å². The molecule has 3 rings (SSSR count). The zero-order valence-corrected chi connectivity index (χ0v) is 12.6. The molecule has 1 unspecified atom stereocenters. The van der Waals surface area contributed by atoms with Gasteiger partial charge in [0.2, 0.25) is 0 Å². The first-order valence-electron chi connectivity index (χ1n) is 7.19. The van der Waals surface area contributed by atoms with E-state index >= 15 is 0 Å². The smallest absolute Gasteiger partial charge is 0.163 e. The molecule has 0 radical (unpaired) electrons. The summed E-state index contributed by atoms with van der Waals surface area (Å²) in [7, 11) is 4.08. The molecule has 0 bridgehead atoms. The molecule has 1 aliphatic rings. The summed E-state index contributed by atoms with van der Waals surface area (Å²) < 4.78 is 1.81. The van der Waals surface area contributed by atoms with Gasteiger partial charge in [0.15, 0.2) is 5.65 Å². The fourth-order valence-electron chi connectivity index (χ4n) is 2.65. The average molecular weight is 290 g/mol. The Balaban J connectivity index is 0.00000161. The largest absolute Gasteiger partial charge is 0.365 e. The molecule has 1 N–H and O–H groups in total. The molecule has 2 aromatic heterocycles. The first-order chi connectivity index (χ1) is 9.54. The lowest BCUT2D eigenvalue weighted by Crippen LogP contribution is -2.24. The van der Waals surface area contributed by atoms with Crippen LogP contribution in [0.2, 0.25) is 0 Å². The molecular weight excluding hydrogens is 264 g/mol. The third-order valence-corrected chi connectivity index (χ3v) is 3.86. The third-order valence-electron chi connectivity index (χ3n) is 3.86. The summed E-state index contributed by atoms with van der Waals surface area (Å²) >= 11 is 0. The molecule has 6 heteroatoms. The second kappa shape index (κ2) is 5.97. The van der Waals surface area contributed by atoms with Crippen LogP contribution < -0.4 is 5.32 Å². The van der Waals surface area contributed by atoms with Gasteiger partial charge in [-0.1, -0.05) is 21.3 Å². The third kappa shape index (κ3) is 3.00. The molecule has 1 fully saturated rings. The number of nitrogens with one attached hydrogen (secondary N) is 1. The Morgan fingerprint density at radius 2 is 2.05 bits per heavy atom. The van der Waals surface area contributed by atoms with Gasteiger partial charge in [-0.3, -0.25) is 4.68 Å². The van der Waals surface area contributed by atoms with Crippen molar-refractivity contribution in [2.45, 2.75) is 39.7 Å². The first kappa shape index (κ1) is 15.7. The number of likely N-dealkylation sites (N-methyl/N-ethyl adjacent to an activating group) is 1. The van der Waals surface area contributed by atoms with Gasteiger partial charge in [0.05, 0.1) is 11.6 Å². The predicted molar refractivity (Wildman–Crippen MR) is 86.6 cm³/mol. The second-order valence-corrected chi connectivity index (χ2v) is 5.98. The van der Waals surface area contributed by atoms with Crippen molar-refractivity contribution in [1.82, 2.24) is 24.6 Å². The van der Waals surface area contributed by atoms with Crippen molar-refractivity contribution in [2.75, 3.05) is 25.5 Å². The Bertz CT molecular complexity index is 618. The van der Waals surface area contributed by atoms with Crippen LogP contribution in [0.4, 0.5) is 5.82 Å². The van der Waals surface area contributed by atoms with Crippen molar-refractivity contribution in [2.24, 2.45) is 7.05 Å². The lowest BCUT2D eigenvalue weighted by molar-refractivity contribution is 0.414. The number of fused-ring (bicyclic) bond motifs is 1. The van der Waals surface area contributed by atoms with Gasteiger partial charge in [0.25, 0.3) is 0 Å². The molecule has 6 nitrogen and oxygen atoms in total. The summed E-state index contributed by atoms with van der Waals surface area (Å²) in [5, 5.41) is 8.89. The maximum absolute atomic E-state index is 4.71. The number of rotatable bonds is 3. The second-order valence-electron chi connectivity index (χ2n) is 5.98. The van der Waals surface area contributed by atoms with Gasteiger partial charge in [-0.25, -0.2) is 9.97 Å². The van der Waals surface area contributed by atoms with E-state index in [4.69, 9.17) is 4.98 Å². The highest BCUT2D eigenvalue weighted by molar-refractivity contribution is 5.86. The Labute approximate surface area is 126 Å². The quantitative estimate of drug-likeness (QED) is 0.939. The van der Waals surface area contributed by atoms with Gasteiger partial charge >= 0.3 is 0 Å². The van der Waals surface area contributed by atoms with Crippen molar-refractivity contribution in [3.8, 4) is 0 Å². The Morgan fingerprint density at radius 3 is 2.67 bits per heavy atom. The Morgan fingerprint density at radius 1 is 1.29 bits per heavy atom. The molecule has 21 heavy (non-hydrogen) atoms. The van der Waals surface area contributed by atoms with Crippen molar-refractivity contribution in [3.05, 3.63) is 12.0 Å². The zero-order chi connectivity index (χ0) is 14.3. The molecule has 3 heterocycles. The van der Waals surface area contributed by atoms with Crippen LogP contribution in [0.5, 0.6) is 0 Å². The molecule has 2 aromatic rings. The van der Waals surface area contributed by atoms with E-state index in [-0.39, 0.29) is 7.43 Å². The van der Waals surface area contributed by atoms with E-state index < -0.39 is 0 Å². The number of hydrogen-bond donors (Lipinski definition) is 1. The SMILES string of the molecule is C.CC(C)c1nc(NC2CCN(C)C2)c2cnn(C)c2n1. The highest BCUT2D eigenvalue weighted by Gasteiger charge is 2.21. The van der Waals surface area contributed by atoms with Gasteiger partial charge in [-0.2, -0.15) is 5.10 Å². The zero-order valence-electron chi connectivity index (χ0n) is 12.6. The summed E-state index contributed by atoms with van der Waals surface area (Å²) in [6, 6.07) is 0.457. The summed E-state index contributed by atoms with van der Waals surface area (Å²) in [5.41, 5.74) is 0.901. The van der Waals surface area contributed by atoms with Crippen LogP contribution in [0.1, 0.15) is 39.4 Å². The fourth-order valence-corrected chi connectivity index (χ4v) is 2.65. The van der Waals surface area contributed by atoms with Gasteiger partial charge in [-0.15, -0.1) is 0 Å². The minimum atomic E-state index is 0. The molecule has 1 aliphatic heterocycles. The number of nitrogens with zero attached hydrogens (tertiary/aromatic N) is 5. The molecule has 0 amide bonds. The van der Waals surface area contributed by atoms with Crippen LogP contribution in [-0.4, -0.2) is 50.8 Å². The van der Waals surface area contributed by atoms with E-state index in [1.54, 1.807) is 0 Å². The Kier molecular flexibility index (Phi) is 4.46. The Hall–Kier alpha value is -1.69. The number of hydrogen-bond acceptors (Lipinski definition) is 5. The van der Waals surface area contributed by atoms with Crippen molar-refractivity contribution in [1.29, 1.82) is 0 Å². The standard InChI is InChI=1S/C14H22N6.CH4/c1-9(2)12-17-13(16-10-5-6-19(3)8-10)11-7-15-20(4)14(11)18-12;/h7,9-10H,5-6,8H2,1-4H3,(H,16,17,18);1H4. The van der Waals surface area contributed by atoms with E-state index in [1.807, 2.05) is 17.9 Å². The fraction of sp³-hybridized carbons (Fsp3) is 0.667. The lowest BCUT2D eigenvalue weighted by Gasteiger charge is -2.15. The summed E-state index contributed by atoms with van der Waals surface area (Å²) in [5.74, 6) is 2.10. The van der Waals surface area contributed by atoms with E-state index in [2.05, 4.69) is 41.2 Å². The van der Waals surface area contributed by atoms with Gasteiger partial charge in [0.1, 0.15) is 11.6 Å². The minimum Gasteiger partial charge on any atom is -0.365 e. The van der Waals surface area contributed by atoms with Gasteiger partial charge in [0, 0.05) is 25.6 Å². The van der Waals surface area contributed by atoms with Crippen LogP contribution in [0, 0.1) is 0 Å². The maximum atomic E-state index is 4.71. The molecule has 0 aromatic carbocycles. The highest BCUT2D eigenvalue weighted by Crippen LogP contribution is 2.24. The van der Waals surface area contributed by atoms with Crippen LogP contribution in [0.15, 0.2) is 6.20 Å². The molecule has 1 atom stereocenters. The highest BCUT2D eigenvalue weighted by atomic mass is 15.3. The first-order valence-corrected chi connectivity index (χ1v) is 7.19. The van der Waals surface area contributed by atoms with Crippen LogP contribution in [0.3, 0.4) is 0 Å². The summed E-state index contributed by atoms with van der Waals surface area (Å²) in [6.07, 6.45) is 3.00. The molecule has 0 spiro atoms. The lowest BCUT2D eigenvalue weighted by atomic mass is 10.2. The normalized spacial score (nSPS) is 19.2. The minimum absolute atomic E-state index is 0.